The Morgan fingerprint density at radius 1 is 0.895 bits per heavy atom. The van der Waals surface area contributed by atoms with Crippen LogP contribution in [0.2, 0.25) is 0 Å². The molecule has 0 spiro atoms. The van der Waals surface area contributed by atoms with E-state index in [9.17, 15) is 8.78 Å². The molecule has 1 heterocycles. The van der Waals surface area contributed by atoms with Crippen molar-refractivity contribution in [1.29, 1.82) is 0 Å². The predicted molar refractivity (Wildman–Crippen MR) is 71.4 cm³/mol. The fourth-order valence-electron chi connectivity index (χ4n) is 1.90. The summed E-state index contributed by atoms with van der Waals surface area (Å²) in [4.78, 5) is 4.23. The number of pyridine rings is 1. The zero-order chi connectivity index (χ0) is 13.2. The van der Waals surface area contributed by atoms with Gasteiger partial charge in [0.15, 0.2) is 0 Å². The third-order valence-electron chi connectivity index (χ3n) is 2.82. The standard InChI is InChI=1S/C15H10F2N2/c16-12-5-3-6-13(17)15(12)19-11-8-10-4-1-2-7-14(10)18-9-11/h1-9,19H. The molecule has 0 aliphatic rings. The second-order valence-electron chi connectivity index (χ2n) is 4.14. The Morgan fingerprint density at radius 2 is 1.63 bits per heavy atom. The SMILES string of the molecule is Fc1cccc(F)c1Nc1cnc2ccccc2c1. The highest BCUT2D eigenvalue weighted by Gasteiger charge is 2.08. The molecule has 19 heavy (non-hydrogen) atoms. The van der Waals surface area contributed by atoms with Gasteiger partial charge in [-0.15, -0.1) is 0 Å². The highest BCUT2D eigenvalue weighted by atomic mass is 19.1. The quantitative estimate of drug-likeness (QED) is 0.741. The molecule has 1 aromatic heterocycles. The number of fused-ring (bicyclic) bond motifs is 1. The average Bonchev–Trinajstić information content (AvgIpc) is 2.43. The molecule has 1 N–H and O–H groups in total. The van der Waals surface area contributed by atoms with Gasteiger partial charge in [0.25, 0.3) is 0 Å². The van der Waals surface area contributed by atoms with Crippen molar-refractivity contribution >= 4 is 22.3 Å². The van der Waals surface area contributed by atoms with Crippen molar-refractivity contribution in [3.05, 3.63) is 66.4 Å². The van der Waals surface area contributed by atoms with Gasteiger partial charge in [0.05, 0.1) is 17.4 Å². The van der Waals surface area contributed by atoms with Gasteiger partial charge in [-0.2, -0.15) is 0 Å². The number of hydrogen-bond donors (Lipinski definition) is 1. The lowest BCUT2D eigenvalue weighted by Crippen LogP contribution is -1.97. The molecular weight excluding hydrogens is 246 g/mol. The van der Waals surface area contributed by atoms with E-state index in [4.69, 9.17) is 0 Å². The Morgan fingerprint density at radius 3 is 2.42 bits per heavy atom. The minimum Gasteiger partial charge on any atom is -0.349 e. The smallest absolute Gasteiger partial charge is 0.149 e. The first kappa shape index (κ1) is 11.6. The Labute approximate surface area is 108 Å². The molecule has 4 heteroatoms. The Kier molecular flexibility index (Phi) is 2.83. The Bertz CT molecular complexity index is 721. The van der Waals surface area contributed by atoms with Crippen molar-refractivity contribution in [3.8, 4) is 0 Å². The van der Waals surface area contributed by atoms with E-state index < -0.39 is 11.6 Å². The number of nitrogens with one attached hydrogen (secondary N) is 1. The maximum Gasteiger partial charge on any atom is 0.149 e. The molecule has 94 valence electrons. The molecule has 0 atom stereocenters. The fourth-order valence-corrected chi connectivity index (χ4v) is 1.90. The van der Waals surface area contributed by atoms with Crippen LogP contribution in [0.25, 0.3) is 10.9 Å². The summed E-state index contributed by atoms with van der Waals surface area (Å²) >= 11 is 0. The van der Waals surface area contributed by atoms with Gasteiger partial charge < -0.3 is 5.32 Å². The van der Waals surface area contributed by atoms with Crippen molar-refractivity contribution in [1.82, 2.24) is 4.98 Å². The fraction of sp³-hybridized carbons (Fsp3) is 0. The molecule has 3 rings (SSSR count). The van der Waals surface area contributed by atoms with Gasteiger partial charge in [-0.05, 0) is 24.3 Å². The number of hydrogen-bond acceptors (Lipinski definition) is 2. The van der Waals surface area contributed by atoms with E-state index in [1.165, 1.54) is 18.2 Å². The van der Waals surface area contributed by atoms with Gasteiger partial charge in [-0.3, -0.25) is 4.98 Å². The van der Waals surface area contributed by atoms with Crippen molar-refractivity contribution in [2.75, 3.05) is 5.32 Å². The van der Waals surface area contributed by atoms with Crippen molar-refractivity contribution in [2.24, 2.45) is 0 Å². The molecule has 0 aliphatic carbocycles. The van der Waals surface area contributed by atoms with E-state index in [0.29, 0.717) is 5.69 Å². The summed E-state index contributed by atoms with van der Waals surface area (Å²) in [6.07, 6.45) is 1.55. The molecule has 0 saturated carbocycles. The van der Waals surface area contributed by atoms with Crippen LogP contribution in [0.1, 0.15) is 0 Å². The molecule has 0 aliphatic heterocycles. The number of anilines is 2. The minimum atomic E-state index is -0.631. The van der Waals surface area contributed by atoms with E-state index in [1.807, 2.05) is 24.3 Å². The van der Waals surface area contributed by atoms with Crippen LogP contribution in [-0.2, 0) is 0 Å². The largest absolute Gasteiger partial charge is 0.349 e. The van der Waals surface area contributed by atoms with Gasteiger partial charge in [-0.25, -0.2) is 8.78 Å². The van der Waals surface area contributed by atoms with E-state index >= 15 is 0 Å². The van der Waals surface area contributed by atoms with Crippen molar-refractivity contribution < 1.29 is 8.78 Å². The van der Waals surface area contributed by atoms with Gasteiger partial charge in [-0.1, -0.05) is 24.3 Å². The van der Waals surface area contributed by atoms with Crippen LogP contribution in [-0.4, -0.2) is 4.98 Å². The topological polar surface area (TPSA) is 24.9 Å². The van der Waals surface area contributed by atoms with Crippen LogP contribution in [0.5, 0.6) is 0 Å². The minimum absolute atomic E-state index is 0.167. The first-order valence-corrected chi connectivity index (χ1v) is 5.80. The first-order valence-electron chi connectivity index (χ1n) is 5.80. The van der Waals surface area contributed by atoms with Crippen LogP contribution >= 0.6 is 0 Å². The molecule has 2 nitrogen and oxygen atoms in total. The molecule has 0 saturated heterocycles. The van der Waals surface area contributed by atoms with E-state index in [1.54, 1.807) is 12.3 Å². The average molecular weight is 256 g/mol. The van der Waals surface area contributed by atoms with Gasteiger partial charge in [0, 0.05) is 5.39 Å². The van der Waals surface area contributed by atoms with E-state index in [0.717, 1.165) is 10.9 Å². The lowest BCUT2D eigenvalue weighted by molar-refractivity contribution is 0.591. The first-order chi connectivity index (χ1) is 9.24. The number of halogens is 2. The lowest BCUT2D eigenvalue weighted by Gasteiger charge is -2.09. The normalized spacial score (nSPS) is 10.6. The molecule has 3 aromatic rings. The Hall–Kier alpha value is -2.49. The zero-order valence-corrected chi connectivity index (χ0v) is 9.90. The van der Waals surface area contributed by atoms with Crippen LogP contribution < -0.4 is 5.32 Å². The highest BCUT2D eigenvalue weighted by molar-refractivity contribution is 5.82. The number of para-hydroxylation sites is 2. The summed E-state index contributed by atoms with van der Waals surface area (Å²) < 4.78 is 27.1. The van der Waals surface area contributed by atoms with Crippen LogP contribution in [0.4, 0.5) is 20.2 Å². The summed E-state index contributed by atoms with van der Waals surface area (Å²) in [5.74, 6) is -1.26. The summed E-state index contributed by atoms with van der Waals surface area (Å²) in [6, 6.07) is 13.1. The molecule has 0 unspecified atom stereocenters. The number of aromatic nitrogens is 1. The van der Waals surface area contributed by atoms with E-state index in [-0.39, 0.29) is 5.69 Å². The van der Waals surface area contributed by atoms with Gasteiger partial charge in [0.2, 0.25) is 0 Å². The van der Waals surface area contributed by atoms with Gasteiger partial charge >= 0.3 is 0 Å². The van der Waals surface area contributed by atoms with Crippen LogP contribution in [0, 0.1) is 11.6 Å². The maximum atomic E-state index is 13.5. The lowest BCUT2D eigenvalue weighted by atomic mass is 10.2. The zero-order valence-electron chi connectivity index (χ0n) is 9.90. The number of nitrogens with zero attached hydrogens (tertiary/aromatic N) is 1. The summed E-state index contributed by atoms with van der Waals surface area (Å²) in [5.41, 5.74) is 1.21. The van der Waals surface area contributed by atoms with Crippen LogP contribution in [0.15, 0.2) is 54.7 Å². The highest BCUT2D eigenvalue weighted by Crippen LogP contribution is 2.24. The number of rotatable bonds is 2. The third kappa shape index (κ3) is 2.25. The molecule has 0 fully saturated rings. The molecule has 0 amide bonds. The summed E-state index contributed by atoms with van der Waals surface area (Å²) in [7, 11) is 0. The Balaban J connectivity index is 2.01. The van der Waals surface area contributed by atoms with Gasteiger partial charge in [0.1, 0.15) is 17.3 Å². The molecular formula is C15H10F2N2. The van der Waals surface area contributed by atoms with Crippen molar-refractivity contribution in [3.63, 3.8) is 0 Å². The van der Waals surface area contributed by atoms with Crippen LogP contribution in [0.3, 0.4) is 0 Å². The summed E-state index contributed by atoms with van der Waals surface area (Å²) in [6.45, 7) is 0. The monoisotopic (exact) mass is 256 g/mol. The number of benzene rings is 2. The van der Waals surface area contributed by atoms with E-state index in [2.05, 4.69) is 10.3 Å². The molecule has 0 radical (unpaired) electrons. The van der Waals surface area contributed by atoms with Crippen molar-refractivity contribution in [2.45, 2.75) is 0 Å². The second kappa shape index (κ2) is 4.65. The molecule has 0 bridgehead atoms. The predicted octanol–water partition coefficient (Wildman–Crippen LogP) is 4.26. The second-order valence-corrected chi connectivity index (χ2v) is 4.14. The third-order valence-corrected chi connectivity index (χ3v) is 2.82. The summed E-state index contributed by atoms with van der Waals surface area (Å²) in [5, 5.41) is 3.63. The molecule has 2 aromatic carbocycles. The maximum absolute atomic E-state index is 13.5.